The second kappa shape index (κ2) is 10.1. The number of nitrogens with one attached hydrogen (secondary N) is 1. The molecule has 38 heavy (non-hydrogen) atoms. The SMILES string of the molecule is CC1=C(C(=O)OCCOc2ccccc2)[C@@H](c2coc3ccc(Cl)cc3c2=O)C2=C(CC(C)(C)CC2=O)N1. The summed E-state index contributed by atoms with van der Waals surface area (Å²) in [5.74, 6) is -1.03. The van der Waals surface area contributed by atoms with Gasteiger partial charge in [-0.15, -0.1) is 0 Å². The largest absolute Gasteiger partial charge is 0.490 e. The molecule has 1 aliphatic carbocycles. The smallest absolute Gasteiger partial charge is 0.336 e. The van der Waals surface area contributed by atoms with Crippen molar-refractivity contribution in [1.82, 2.24) is 5.32 Å². The van der Waals surface area contributed by atoms with Gasteiger partial charge in [0.15, 0.2) is 11.2 Å². The van der Waals surface area contributed by atoms with E-state index in [1.54, 1.807) is 19.1 Å². The molecule has 1 N–H and O–H groups in total. The summed E-state index contributed by atoms with van der Waals surface area (Å²) in [5.41, 5.74) is 1.78. The van der Waals surface area contributed by atoms with E-state index in [1.807, 2.05) is 44.2 Å². The van der Waals surface area contributed by atoms with Gasteiger partial charge < -0.3 is 19.2 Å². The lowest BCUT2D eigenvalue weighted by atomic mass is 9.68. The van der Waals surface area contributed by atoms with Crippen molar-refractivity contribution in [2.24, 2.45) is 5.41 Å². The van der Waals surface area contributed by atoms with Crippen LogP contribution in [0.2, 0.25) is 5.02 Å². The Hall–Kier alpha value is -3.84. The van der Waals surface area contributed by atoms with Crippen molar-refractivity contribution < 1.29 is 23.5 Å². The minimum atomic E-state index is -0.933. The first kappa shape index (κ1) is 25.8. The molecule has 1 atom stereocenters. The summed E-state index contributed by atoms with van der Waals surface area (Å²) in [6.07, 6.45) is 2.23. The van der Waals surface area contributed by atoms with Crippen molar-refractivity contribution in [3.8, 4) is 5.75 Å². The average molecular weight is 534 g/mol. The zero-order valence-corrected chi connectivity index (χ0v) is 22.2. The van der Waals surface area contributed by atoms with Gasteiger partial charge in [-0.05, 0) is 49.1 Å². The van der Waals surface area contributed by atoms with Crippen molar-refractivity contribution >= 4 is 34.3 Å². The maximum absolute atomic E-state index is 13.7. The minimum absolute atomic E-state index is 0.00789. The molecule has 7 nitrogen and oxygen atoms in total. The van der Waals surface area contributed by atoms with Crippen LogP contribution >= 0.6 is 11.6 Å². The summed E-state index contributed by atoms with van der Waals surface area (Å²) in [6, 6.07) is 14.0. The van der Waals surface area contributed by atoms with Crippen molar-refractivity contribution in [2.45, 2.75) is 39.5 Å². The number of rotatable bonds is 6. The molecule has 0 saturated carbocycles. The molecule has 0 saturated heterocycles. The van der Waals surface area contributed by atoms with Gasteiger partial charge in [-0.25, -0.2) is 4.79 Å². The summed E-state index contributed by atoms with van der Waals surface area (Å²) < 4.78 is 17.0. The third-order valence-corrected chi connectivity index (χ3v) is 7.10. The van der Waals surface area contributed by atoms with Gasteiger partial charge >= 0.3 is 5.97 Å². The summed E-state index contributed by atoms with van der Waals surface area (Å²) in [5, 5.41) is 3.93. The summed E-state index contributed by atoms with van der Waals surface area (Å²) in [6.45, 7) is 5.93. The Morgan fingerprint density at radius 3 is 2.63 bits per heavy atom. The quantitative estimate of drug-likeness (QED) is 0.322. The van der Waals surface area contributed by atoms with Crippen LogP contribution in [0.25, 0.3) is 11.0 Å². The Balaban J connectivity index is 1.53. The molecule has 0 radical (unpaired) electrons. The molecular formula is C30H28ClNO6. The number of carbonyl (C=O) groups excluding carboxylic acids is 2. The number of ether oxygens (including phenoxy) is 2. The normalized spacial score (nSPS) is 18.7. The molecule has 0 amide bonds. The van der Waals surface area contributed by atoms with Crippen molar-refractivity contribution in [3.63, 3.8) is 0 Å². The van der Waals surface area contributed by atoms with E-state index in [-0.39, 0.29) is 46.4 Å². The fraction of sp³-hybridized carbons (Fsp3) is 0.300. The lowest BCUT2D eigenvalue weighted by Crippen LogP contribution is -2.40. The number of hydrogen-bond donors (Lipinski definition) is 1. The number of carbonyl (C=O) groups is 2. The number of para-hydroxylation sites is 1. The van der Waals surface area contributed by atoms with Crippen molar-refractivity contribution in [3.05, 3.63) is 98.1 Å². The monoisotopic (exact) mass is 533 g/mol. The van der Waals surface area contributed by atoms with Gasteiger partial charge in [-0.3, -0.25) is 9.59 Å². The third-order valence-electron chi connectivity index (χ3n) is 6.86. The number of allylic oxidation sites excluding steroid dienone is 3. The van der Waals surface area contributed by atoms with Crippen LogP contribution in [0.15, 0.2) is 86.5 Å². The minimum Gasteiger partial charge on any atom is -0.490 e. The number of Topliss-reactive ketones (excluding diaryl/α,β-unsaturated/α-hetero) is 1. The van der Waals surface area contributed by atoms with Gasteiger partial charge in [-0.1, -0.05) is 43.6 Å². The fourth-order valence-corrected chi connectivity index (χ4v) is 5.40. The molecule has 3 aromatic rings. The highest BCUT2D eigenvalue weighted by Gasteiger charge is 2.44. The van der Waals surface area contributed by atoms with Crippen LogP contribution in [-0.4, -0.2) is 25.0 Å². The van der Waals surface area contributed by atoms with Crippen LogP contribution in [0.5, 0.6) is 5.75 Å². The van der Waals surface area contributed by atoms with E-state index in [0.717, 1.165) is 0 Å². The number of benzene rings is 2. The number of ketones is 1. The van der Waals surface area contributed by atoms with Crippen LogP contribution in [0, 0.1) is 5.41 Å². The molecule has 1 aromatic heterocycles. The predicted molar refractivity (Wildman–Crippen MR) is 144 cm³/mol. The first-order valence-electron chi connectivity index (χ1n) is 12.4. The molecule has 1 aliphatic heterocycles. The fourth-order valence-electron chi connectivity index (χ4n) is 5.22. The molecule has 0 spiro atoms. The van der Waals surface area contributed by atoms with Crippen LogP contribution in [0.1, 0.15) is 45.1 Å². The van der Waals surface area contributed by atoms with Gasteiger partial charge in [0.2, 0.25) is 0 Å². The molecule has 0 fully saturated rings. The van der Waals surface area contributed by atoms with E-state index in [1.165, 1.54) is 12.3 Å². The van der Waals surface area contributed by atoms with E-state index in [0.29, 0.717) is 46.2 Å². The zero-order valence-electron chi connectivity index (χ0n) is 21.4. The molecule has 2 heterocycles. The molecule has 2 aromatic carbocycles. The number of hydrogen-bond acceptors (Lipinski definition) is 7. The Bertz CT molecular complexity index is 1550. The van der Waals surface area contributed by atoms with E-state index in [4.69, 9.17) is 25.5 Å². The van der Waals surface area contributed by atoms with E-state index in [2.05, 4.69) is 5.32 Å². The molecule has 5 rings (SSSR count). The first-order chi connectivity index (χ1) is 18.1. The number of dihydropyridines is 1. The van der Waals surface area contributed by atoms with Gasteiger partial charge in [0, 0.05) is 34.0 Å². The van der Waals surface area contributed by atoms with Crippen LogP contribution in [0.4, 0.5) is 0 Å². The first-order valence-corrected chi connectivity index (χ1v) is 12.8. The maximum atomic E-state index is 13.7. The molecule has 0 bridgehead atoms. The molecule has 196 valence electrons. The molecule has 8 heteroatoms. The van der Waals surface area contributed by atoms with Gasteiger partial charge in [-0.2, -0.15) is 0 Å². The summed E-state index contributed by atoms with van der Waals surface area (Å²) in [7, 11) is 0. The van der Waals surface area contributed by atoms with E-state index < -0.39 is 11.9 Å². The zero-order chi connectivity index (χ0) is 27.0. The Labute approximate surface area is 225 Å². The third kappa shape index (κ3) is 4.98. The highest BCUT2D eigenvalue weighted by molar-refractivity contribution is 6.31. The number of halogens is 1. The molecular weight excluding hydrogens is 506 g/mol. The lowest BCUT2D eigenvalue weighted by Gasteiger charge is -2.39. The standard InChI is InChI=1S/C30H28ClNO6/c1-17-25(29(35)37-12-11-36-19-7-5-4-6-8-19)26(27-22(32-17)14-30(2,3)15-23(27)33)21-16-38-24-10-9-18(31)13-20(24)28(21)34/h4-10,13,16,26,32H,11-12,14-15H2,1-3H3/t26-/m1/s1. The maximum Gasteiger partial charge on any atom is 0.336 e. The Morgan fingerprint density at radius 1 is 1.11 bits per heavy atom. The molecule has 0 unspecified atom stereocenters. The van der Waals surface area contributed by atoms with Crippen LogP contribution in [0.3, 0.4) is 0 Å². The van der Waals surface area contributed by atoms with E-state index in [9.17, 15) is 14.4 Å². The highest BCUT2D eigenvalue weighted by atomic mass is 35.5. The second-order valence-electron chi connectivity index (χ2n) is 10.4. The Morgan fingerprint density at radius 2 is 1.87 bits per heavy atom. The number of fused-ring (bicyclic) bond motifs is 1. The van der Waals surface area contributed by atoms with E-state index >= 15 is 0 Å². The summed E-state index contributed by atoms with van der Waals surface area (Å²) >= 11 is 6.16. The molecule has 2 aliphatic rings. The average Bonchev–Trinajstić information content (AvgIpc) is 2.86. The predicted octanol–water partition coefficient (Wildman–Crippen LogP) is 5.67. The van der Waals surface area contributed by atoms with Crippen molar-refractivity contribution in [1.29, 1.82) is 0 Å². The van der Waals surface area contributed by atoms with Gasteiger partial charge in [0.05, 0.1) is 23.1 Å². The topological polar surface area (TPSA) is 94.8 Å². The van der Waals surface area contributed by atoms with Crippen LogP contribution < -0.4 is 15.5 Å². The highest BCUT2D eigenvalue weighted by Crippen LogP contribution is 2.46. The second-order valence-corrected chi connectivity index (χ2v) is 10.8. The van der Waals surface area contributed by atoms with Gasteiger partial charge in [0.1, 0.15) is 24.5 Å². The van der Waals surface area contributed by atoms with Crippen LogP contribution in [-0.2, 0) is 14.3 Å². The lowest BCUT2D eigenvalue weighted by molar-refractivity contribution is -0.140. The van der Waals surface area contributed by atoms with Crippen molar-refractivity contribution in [2.75, 3.05) is 13.2 Å². The number of esters is 1. The summed E-state index contributed by atoms with van der Waals surface area (Å²) in [4.78, 5) is 40.7. The van der Waals surface area contributed by atoms with Gasteiger partial charge in [0.25, 0.3) is 0 Å². The Kier molecular flexibility index (Phi) is 6.88.